The molecule has 0 aromatic heterocycles. The van der Waals surface area contributed by atoms with E-state index in [0.29, 0.717) is 11.4 Å². The Balaban J connectivity index is 2.18. The molecule has 0 bridgehead atoms. The molecule has 10 heavy (non-hydrogen) atoms. The summed E-state index contributed by atoms with van der Waals surface area (Å²) in [6, 6.07) is 0. The summed E-state index contributed by atoms with van der Waals surface area (Å²) >= 11 is 4.43. The SMILES string of the molecule is CCOC1CCCC(S)C1. The maximum absolute atomic E-state index is 5.50. The van der Waals surface area contributed by atoms with Gasteiger partial charge < -0.3 is 4.74 Å². The summed E-state index contributed by atoms with van der Waals surface area (Å²) in [6.45, 7) is 2.91. The van der Waals surface area contributed by atoms with Gasteiger partial charge in [-0.25, -0.2) is 0 Å². The van der Waals surface area contributed by atoms with E-state index >= 15 is 0 Å². The normalized spacial score (nSPS) is 34.2. The summed E-state index contributed by atoms with van der Waals surface area (Å²) in [4.78, 5) is 0. The quantitative estimate of drug-likeness (QED) is 0.610. The van der Waals surface area contributed by atoms with E-state index in [1.165, 1.54) is 19.3 Å². The van der Waals surface area contributed by atoms with Crippen molar-refractivity contribution in [1.29, 1.82) is 0 Å². The van der Waals surface area contributed by atoms with Crippen molar-refractivity contribution in [3.8, 4) is 0 Å². The standard InChI is InChI=1S/C8H16OS/c1-2-9-7-4-3-5-8(10)6-7/h7-8,10H,2-6H2,1H3. The van der Waals surface area contributed by atoms with Crippen LogP contribution in [0.4, 0.5) is 0 Å². The Labute approximate surface area is 68.6 Å². The zero-order valence-corrected chi connectivity index (χ0v) is 7.44. The van der Waals surface area contributed by atoms with Crippen LogP contribution >= 0.6 is 12.6 Å². The highest BCUT2D eigenvalue weighted by Gasteiger charge is 2.18. The van der Waals surface area contributed by atoms with Crippen LogP contribution in [0.2, 0.25) is 0 Å². The van der Waals surface area contributed by atoms with Crippen molar-refractivity contribution in [2.24, 2.45) is 0 Å². The van der Waals surface area contributed by atoms with Crippen LogP contribution in [0.5, 0.6) is 0 Å². The lowest BCUT2D eigenvalue weighted by Crippen LogP contribution is -2.22. The summed E-state index contributed by atoms with van der Waals surface area (Å²) in [6.07, 6.45) is 5.45. The first kappa shape index (κ1) is 8.41. The summed E-state index contributed by atoms with van der Waals surface area (Å²) in [5, 5.41) is 0.588. The van der Waals surface area contributed by atoms with E-state index in [2.05, 4.69) is 19.6 Å². The third-order valence-electron chi connectivity index (χ3n) is 2.00. The van der Waals surface area contributed by atoms with Crippen molar-refractivity contribution < 1.29 is 4.74 Å². The van der Waals surface area contributed by atoms with E-state index in [1.54, 1.807) is 0 Å². The molecule has 0 heterocycles. The van der Waals surface area contributed by atoms with Crippen molar-refractivity contribution in [3.05, 3.63) is 0 Å². The fourth-order valence-corrected chi connectivity index (χ4v) is 1.93. The van der Waals surface area contributed by atoms with Crippen LogP contribution in [-0.4, -0.2) is 18.0 Å². The van der Waals surface area contributed by atoms with E-state index in [1.807, 2.05) is 0 Å². The molecule has 0 aromatic rings. The highest BCUT2D eigenvalue weighted by molar-refractivity contribution is 7.80. The van der Waals surface area contributed by atoms with Gasteiger partial charge in [-0.1, -0.05) is 0 Å². The molecule has 2 unspecified atom stereocenters. The van der Waals surface area contributed by atoms with Gasteiger partial charge in [0.05, 0.1) is 6.10 Å². The van der Waals surface area contributed by atoms with E-state index in [9.17, 15) is 0 Å². The Morgan fingerprint density at radius 3 is 2.90 bits per heavy atom. The Morgan fingerprint density at radius 2 is 2.30 bits per heavy atom. The molecule has 2 heteroatoms. The number of ether oxygens (including phenoxy) is 1. The molecule has 0 amide bonds. The predicted molar refractivity (Wildman–Crippen MR) is 46.7 cm³/mol. The Morgan fingerprint density at radius 1 is 1.50 bits per heavy atom. The number of hydrogen-bond donors (Lipinski definition) is 1. The molecule has 1 nitrogen and oxygen atoms in total. The highest BCUT2D eigenvalue weighted by Crippen LogP contribution is 2.24. The first-order valence-corrected chi connectivity index (χ1v) is 4.64. The molecule has 0 radical (unpaired) electrons. The average Bonchev–Trinajstić information content (AvgIpc) is 1.88. The van der Waals surface area contributed by atoms with Gasteiger partial charge in [-0.15, -0.1) is 0 Å². The van der Waals surface area contributed by atoms with Gasteiger partial charge in [0.1, 0.15) is 0 Å². The minimum absolute atomic E-state index is 0.501. The molecule has 1 fully saturated rings. The first-order chi connectivity index (χ1) is 4.83. The van der Waals surface area contributed by atoms with Crippen molar-refractivity contribution in [3.63, 3.8) is 0 Å². The fourth-order valence-electron chi connectivity index (χ4n) is 1.51. The van der Waals surface area contributed by atoms with Crippen LogP contribution in [0.1, 0.15) is 32.6 Å². The monoisotopic (exact) mass is 160 g/mol. The van der Waals surface area contributed by atoms with Gasteiger partial charge in [-0.3, -0.25) is 0 Å². The Hall–Kier alpha value is 0.310. The highest BCUT2D eigenvalue weighted by atomic mass is 32.1. The molecule has 1 saturated carbocycles. The van der Waals surface area contributed by atoms with Gasteiger partial charge in [0.2, 0.25) is 0 Å². The van der Waals surface area contributed by atoms with Crippen molar-refractivity contribution in [2.45, 2.75) is 44.0 Å². The summed E-state index contributed by atoms with van der Waals surface area (Å²) in [5.74, 6) is 0. The van der Waals surface area contributed by atoms with Crippen LogP contribution in [0.3, 0.4) is 0 Å². The van der Waals surface area contributed by atoms with Crippen molar-refractivity contribution >= 4 is 12.6 Å². The fraction of sp³-hybridized carbons (Fsp3) is 1.00. The molecule has 0 saturated heterocycles. The maximum atomic E-state index is 5.50. The van der Waals surface area contributed by atoms with Crippen LogP contribution < -0.4 is 0 Å². The molecule has 0 aromatic carbocycles. The average molecular weight is 160 g/mol. The third-order valence-corrected chi connectivity index (χ3v) is 2.47. The van der Waals surface area contributed by atoms with Gasteiger partial charge in [0.25, 0.3) is 0 Å². The lowest BCUT2D eigenvalue weighted by atomic mass is 9.97. The molecule has 1 rings (SSSR count). The van der Waals surface area contributed by atoms with Crippen LogP contribution in [0.25, 0.3) is 0 Å². The van der Waals surface area contributed by atoms with E-state index in [-0.39, 0.29) is 0 Å². The molecule has 1 aliphatic rings. The molecular formula is C8H16OS. The zero-order valence-electron chi connectivity index (χ0n) is 6.55. The lowest BCUT2D eigenvalue weighted by Gasteiger charge is -2.25. The second-order valence-electron chi connectivity index (χ2n) is 2.90. The van der Waals surface area contributed by atoms with Crippen molar-refractivity contribution in [2.75, 3.05) is 6.61 Å². The smallest absolute Gasteiger partial charge is 0.0585 e. The largest absolute Gasteiger partial charge is 0.378 e. The van der Waals surface area contributed by atoms with Crippen LogP contribution in [0, 0.1) is 0 Å². The van der Waals surface area contributed by atoms with Gasteiger partial charge in [-0.05, 0) is 32.6 Å². The molecule has 0 N–H and O–H groups in total. The second-order valence-corrected chi connectivity index (χ2v) is 3.63. The summed E-state index contributed by atoms with van der Waals surface area (Å²) in [7, 11) is 0. The minimum Gasteiger partial charge on any atom is -0.378 e. The Bertz CT molecular complexity index is 93.3. The molecule has 0 spiro atoms. The lowest BCUT2D eigenvalue weighted by molar-refractivity contribution is 0.0387. The number of thiol groups is 1. The first-order valence-electron chi connectivity index (χ1n) is 4.12. The van der Waals surface area contributed by atoms with Crippen molar-refractivity contribution in [1.82, 2.24) is 0 Å². The minimum atomic E-state index is 0.501. The van der Waals surface area contributed by atoms with Crippen LogP contribution in [-0.2, 0) is 4.74 Å². The maximum Gasteiger partial charge on any atom is 0.0585 e. The molecular weight excluding hydrogens is 144 g/mol. The molecule has 1 aliphatic carbocycles. The second kappa shape index (κ2) is 4.24. The van der Waals surface area contributed by atoms with Gasteiger partial charge in [-0.2, -0.15) is 12.6 Å². The van der Waals surface area contributed by atoms with E-state index in [4.69, 9.17) is 4.74 Å². The van der Waals surface area contributed by atoms with Gasteiger partial charge >= 0.3 is 0 Å². The number of rotatable bonds is 2. The topological polar surface area (TPSA) is 9.23 Å². The van der Waals surface area contributed by atoms with E-state index < -0.39 is 0 Å². The van der Waals surface area contributed by atoms with Gasteiger partial charge in [0.15, 0.2) is 0 Å². The molecule has 2 atom stereocenters. The molecule has 60 valence electrons. The third kappa shape index (κ3) is 2.51. The number of hydrogen-bond acceptors (Lipinski definition) is 2. The Kier molecular flexibility index (Phi) is 3.57. The van der Waals surface area contributed by atoms with Gasteiger partial charge in [0, 0.05) is 11.9 Å². The van der Waals surface area contributed by atoms with E-state index in [0.717, 1.165) is 13.0 Å². The summed E-state index contributed by atoms with van der Waals surface area (Å²) in [5.41, 5.74) is 0. The summed E-state index contributed by atoms with van der Waals surface area (Å²) < 4.78 is 5.50. The molecule has 0 aliphatic heterocycles. The zero-order chi connectivity index (χ0) is 7.40. The van der Waals surface area contributed by atoms with Crippen LogP contribution in [0.15, 0.2) is 0 Å². The predicted octanol–water partition coefficient (Wildman–Crippen LogP) is 2.26.